The minimum absolute atomic E-state index is 0.113. The summed E-state index contributed by atoms with van der Waals surface area (Å²) in [5, 5.41) is 3.07. The van der Waals surface area contributed by atoms with E-state index in [4.69, 9.17) is 0 Å². The molecule has 0 heterocycles. The Morgan fingerprint density at radius 1 is 1.19 bits per heavy atom. The van der Waals surface area contributed by atoms with Crippen LogP contribution in [0.25, 0.3) is 0 Å². The molecule has 90 valence electrons. The lowest BCUT2D eigenvalue weighted by Crippen LogP contribution is -2.14. The van der Waals surface area contributed by atoms with E-state index in [0.717, 1.165) is 19.1 Å². The Balaban J connectivity index is 2.75. The monoisotopic (exact) mass is 433 g/mol. The van der Waals surface area contributed by atoms with Crippen LogP contribution in [-0.2, 0) is 9.84 Å². The van der Waals surface area contributed by atoms with E-state index >= 15 is 0 Å². The molecule has 0 atom stereocenters. The highest BCUT2D eigenvalue weighted by Crippen LogP contribution is 2.34. The van der Waals surface area contributed by atoms with Crippen LogP contribution in [0.4, 0.5) is 5.69 Å². The van der Waals surface area contributed by atoms with E-state index in [0.29, 0.717) is 6.54 Å². The van der Waals surface area contributed by atoms with Gasteiger partial charge in [0.25, 0.3) is 0 Å². The largest absolute Gasteiger partial charge is 0.382 e. The molecule has 1 rings (SSSR count). The van der Waals surface area contributed by atoms with Gasteiger partial charge in [-0.3, -0.25) is 0 Å². The molecule has 3 nitrogen and oxygen atoms in total. The lowest BCUT2D eigenvalue weighted by atomic mass is 10.3. The zero-order chi connectivity index (χ0) is 12.3. The Bertz CT molecular complexity index is 465. The molecule has 0 aliphatic rings. The van der Waals surface area contributed by atoms with Crippen molar-refractivity contribution in [2.24, 2.45) is 0 Å². The minimum Gasteiger partial charge on any atom is -0.382 e. The number of hydrogen-bond donors (Lipinski definition) is 1. The van der Waals surface area contributed by atoms with Gasteiger partial charge in [-0.15, -0.1) is 0 Å². The summed E-state index contributed by atoms with van der Waals surface area (Å²) < 4.78 is 24.6. The van der Waals surface area contributed by atoms with Gasteiger partial charge in [0, 0.05) is 26.2 Å². The number of benzene rings is 1. The topological polar surface area (TPSA) is 46.2 Å². The molecule has 1 aromatic carbocycles. The fourth-order valence-corrected chi connectivity index (χ4v) is 4.08. The molecule has 0 bridgehead atoms. The molecule has 0 saturated heterocycles. The van der Waals surface area contributed by atoms with Crippen molar-refractivity contribution >= 4 is 63.3 Å². The average molecular weight is 436 g/mol. The van der Waals surface area contributed by atoms with E-state index in [2.05, 4.69) is 53.1 Å². The summed E-state index contributed by atoms with van der Waals surface area (Å²) in [5.41, 5.74) is 0.854. The van der Waals surface area contributed by atoms with E-state index in [1.165, 1.54) is 6.26 Å². The summed E-state index contributed by atoms with van der Waals surface area (Å²) in [7, 11) is -2.93. The van der Waals surface area contributed by atoms with Crippen molar-refractivity contribution in [3.05, 3.63) is 25.6 Å². The van der Waals surface area contributed by atoms with Crippen LogP contribution in [0, 0.1) is 0 Å². The van der Waals surface area contributed by atoms with Crippen molar-refractivity contribution < 1.29 is 8.42 Å². The highest BCUT2D eigenvalue weighted by Gasteiger charge is 2.07. The van der Waals surface area contributed by atoms with E-state index in [1.54, 1.807) is 0 Å². The third-order valence-electron chi connectivity index (χ3n) is 1.78. The molecule has 1 N–H and O–H groups in total. The Morgan fingerprint density at radius 2 is 1.69 bits per heavy atom. The van der Waals surface area contributed by atoms with Crippen molar-refractivity contribution in [1.82, 2.24) is 0 Å². The van der Waals surface area contributed by atoms with Gasteiger partial charge in [-0.2, -0.15) is 0 Å². The first kappa shape index (κ1) is 14.5. The van der Waals surface area contributed by atoms with Gasteiger partial charge >= 0.3 is 0 Å². The maximum absolute atomic E-state index is 11.0. The van der Waals surface area contributed by atoms with Crippen LogP contribution in [-0.4, -0.2) is 27.0 Å². The summed E-state index contributed by atoms with van der Waals surface area (Å²) in [5.74, 6) is 0.113. The van der Waals surface area contributed by atoms with Gasteiger partial charge in [-0.05, 0) is 44.0 Å². The highest BCUT2D eigenvalue weighted by molar-refractivity contribution is 9.11. The molecule has 1 aromatic rings. The normalized spacial score (nSPS) is 11.5. The minimum atomic E-state index is -2.93. The van der Waals surface area contributed by atoms with Gasteiger partial charge in [0.05, 0.1) is 11.4 Å². The second kappa shape index (κ2) is 5.84. The Labute approximate surface area is 120 Å². The lowest BCUT2D eigenvalue weighted by Gasteiger charge is -2.10. The standard InChI is InChI=1S/C9H10Br3NO2S/c1-16(14,15)3-2-13-9-7(11)4-6(10)5-8(9)12/h4-5,13H,2-3H2,1H3. The fraction of sp³-hybridized carbons (Fsp3) is 0.333. The molecule has 0 radical (unpaired) electrons. The van der Waals surface area contributed by atoms with Gasteiger partial charge in [-0.1, -0.05) is 15.9 Å². The first-order valence-corrected chi connectivity index (χ1v) is 8.79. The van der Waals surface area contributed by atoms with Crippen LogP contribution >= 0.6 is 47.8 Å². The van der Waals surface area contributed by atoms with E-state index < -0.39 is 9.84 Å². The number of anilines is 1. The summed E-state index contributed by atoms with van der Waals surface area (Å²) in [6.45, 7) is 0.387. The van der Waals surface area contributed by atoms with Gasteiger partial charge < -0.3 is 5.32 Å². The predicted molar refractivity (Wildman–Crippen MR) is 77.7 cm³/mol. The van der Waals surface area contributed by atoms with E-state index in [-0.39, 0.29) is 5.75 Å². The molecule has 0 aromatic heterocycles. The summed E-state index contributed by atoms with van der Waals surface area (Å²) in [4.78, 5) is 0. The molecule has 0 unspecified atom stereocenters. The van der Waals surface area contributed by atoms with Crippen molar-refractivity contribution in [1.29, 1.82) is 0 Å². The van der Waals surface area contributed by atoms with Crippen LogP contribution in [0.15, 0.2) is 25.6 Å². The molecule has 0 saturated carbocycles. The van der Waals surface area contributed by atoms with Crippen molar-refractivity contribution in [2.75, 3.05) is 23.9 Å². The number of hydrogen-bond acceptors (Lipinski definition) is 3. The Morgan fingerprint density at radius 3 is 2.12 bits per heavy atom. The Hall–Kier alpha value is 0.410. The predicted octanol–water partition coefficient (Wildman–Crippen LogP) is 3.43. The van der Waals surface area contributed by atoms with Gasteiger partial charge in [-0.25, -0.2) is 8.42 Å². The second-order valence-corrected chi connectivity index (χ2v) is 8.19. The van der Waals surface area contributed by atoms with Crippen LogP contribution in [0.2, 0.25) is 0 Å². The van der Waals surface area contributed by atoms with Crippen molar-refractivity contribution in [3.8, 4) is 0 Å². The quantitative estimate of drug-likeness (QED) is 0.788. The third-order valence-corrected chi connectivity index (χ3v) is 4.44. The molecule has 0 amide bonds. The van der Waals surface area contributed by atoms with Crippen LogP contribution < -0.4 is 5.32 Å². The SMILES string of the molecule is CS(=O)(=O)CCNc1c(Br)cc(Br)cc1Br. The second-order valence-electron chi connectivity index (χ2n) is 3.30. The number of sulfone groups is 1. The molecular weight excluding hydrogens is 426 g/mol. The van der Waals surface area contributed by atoms with Crippen molar-refractivity contribution in [2.45, 2.75) is 0 Å². The van der Waals surface area contributed by atoms with Crippen LogP contribution in [0.3, 0.4) is 0 Å². The summed E-state index contributed by atoms with van der Waals surface area (Å²) in [6, 6.07) is 3.79. The number of nitrogens with one attached hydrogen (secondary N) is 1. The first-order valence-electron chi connectivity index (χ1n) is 4.36. The molecule has 0 fully saturated rings. The number of halogens is 3. The molecule has 16 heavy (non-hydrogen) atoms. The third kappa shape index (κ3) is 4.73. The average Bonchev–Trinajstić information content (AvgIpc) is 2.07. The molecule has 0 aliphatic heterocycles. The van der Waals surface area contributed by atoms with Crippen molar-refractivity contribution in [3.63, 3.8) is 0 Å². The molecule has 7 heteroatoms. The summed E-state index contributed by atoms with van der Waals surface area (Å²) >= 11 is 10.2. The molecule has 0 spiro atoms. The molecule has 0 aliphatic carbocycles. The summed E-state index contributed by atoms with van der Waals surface area (Å²) in [6.07, 6.45) is 1.22. The lowest BCUT2D eigenvalue weighted by molar-refractivity contribution is 0.602. The van der Waals surface area contributed by atoms with E-state index in [1.807, 2.05) is 12.1 Å². The van der Waals surface area contributed by atoms with Gasteiger partial charge in [0.1, 0.15) is 9.84 Å². The smallest absolute Gasteiger partial charge is 0.149 e. The molecular formula is C9H10Br3NO2S. The number of rotatable bonds is 4. The van der Waals surface area contributed by atoms with Gasteiger partial charge in [0.15, 0.2) is 0 Å². The Kier molecular flexibility index (Phi) is 5.28. The van der Waals surface area contributed by atoms with Crippen LogP contribution in [0.5, 0.6) is 0 Å². The van der Waals surface area contributed by atoms with Crippen LogP contribution in [0.1, 0.15) is 0 Å². The maximum atomic E-state index is 11.0. The maximum Gasteiger partial charge on any atom is 0.149 e. The fourth-order valence-electron chi connectivity index (χ4n) is 1.07. The highest BCUT2D eigenvalue weighted by atomic mass is 79.9. The zero-order valence-electron chi connectivity index (χ0n) is 8.43. The first-order chi connectivity index (χ1) is 7.29. The van der Waals surface area contributed by atoms with E-state index in [9.17, 15) is 8.42 Å². The zero-order valence-corrected chi connectivity index (χ0v) is 14.0. The van der Waals surface area contributed by atoms with Gasteiger partial charge in [0.2, 0.25) is 0 Å².